The van der Waals surface area contributed by atoms with Gasteiger partial charge in [-0.3, -0.25) is 0 Å². The third-order valence-corrected chi connectivity index (χ3v) is 2.90. The summed E-state index contributed by atoms with van der Waals surface area (Å²) in [4.78, 5) is 4.45. The van der Waals surface area contributed by atoms with Crippen molar-refractivity contribution in [3.63, 3.8) is 0 Å². The molecular formula is C14H19N3. The van der Waals surface area contributed by atoms with Gasteiger partial charge in [-0.1, -0.05) is 20.8 Å². The Kier molecular flexibility index (Phi) is 2.69. The van der Waals surface area contributed by atoms with Crippen LogP contribution in [0, 0.1) is 6.92 Å². The van der Waals surface area contributed by atoms with Crippen LogP contribution in [0.2, 0.25) is 0 Å². The highest BCUT2D eigenvalue weighted by molar-refractivity contribution is 5.52. The fraction of sp³-hybridized carbons (Fsp3) is 0.357. The van der Waals surface area contributed by atoms with Crippen LogP contribution in [0.4, 0.5) is 5.69 Å². The molecule has 0 unspecified atom stereocenters. The molecule has 0 aliphatic carbocycles. The number of rotatable bonds is 1. The van der Waals surface area contributed by atoms with Crippen molar-refractivity contribution in [2.75, 3.05) is 5.73 Å². The zero-order chi connectivity index (χ0) is 12.6. The third-order valence-electron chi connectivity index (χ3n) is 2.90. The minimum atomic E-state index is 0.0775. The maximum absolute atomic E-state index is 5.82. The Hall–Kier alpha value is -1.77. The van der Waals surface area contributed by atoms with Crippen LogP contribution in [0.3, 0.4) is 0 Å². The third kappa shape index (κ3) is 2.33. The van der Waals surface area contributed by atoms with Gasteiger partial charge in [0.15, 0.2) is 0 Å². The van der Waals surface area contributed by atoms with E-state index in [1.807, 2.05) is 30.0 Å². The Labute approximate surface area is 102 Å². The smallest absolute Gasteiger partial charge is 0.0995 e. The fourth-order valence-electron chi connectivity index (χ4n) is 1.67. The second kappa shape index (κ2) is 3.91. The normalized spacial score (nSPS) is 11.8. The molecule has 90 valence electrons. The van der Waals surface area contributed by atoms with E-state index in [0.717, 1.165) is 22.6 Å². The van der Waals surface area contributed by atoms with E-state index < -0.39 is 0 Å². The number of aromatic nitrogens is 2. The van der Waals surface area contributed by atoms with Crippen molar-refractivity contribution in [1.82, 2.24) is 9.55 Å². The van der Waals surface area contributed by atoms with Crippen LogP contribution in [0.5, 0.6) is 0 Å². The second-order valence-corrected chi connectivity index (χ2v) is 5.46. The summed E-state index contributed by atoms with van der Waals surface area (Å²) in [5.41, 5.74) is 10.00. The van der Waals surface area contributed by atoms with Gasteiger partial charge in [0.25, 0.3) is 0 Å². The van der Waals surface area contributed by atoms with Crippen molar-refractivity contribution in [1.29, 1.82) is 0 Å². The van der Waals surface area contributed by atoms with E-state index in [4.69, 9.17) is 5.73 Å². The maximum atomic E-state index is 5.82. The van der Waals surface area contributed by atoms with E-state index in [0.29, 0.717) is 0 Å². The molecule has 2 N–H and O–H groups in total. The highest BCUT2D eigenvalue weighted by atomic mass is 15.0. The van der Waals surface area contributed by atoms with Gasteiger partial charge in [-0.2, -0.15) is 0 Å². The topological polar surface area (TPSA) is 43.8 Å². The molecule has 3 nitrogen and oxygen atoms in total. The van der Waals surface area contributed by atoms with Gasteiger partial charge >= 0.3 is 0 Å². The molecule has 0 bridgehead atoms. The van der Waals surface area contributed by atoms with Gasteiger partial charge in [-0.15, -0.1) is 0 Å². The van der Waals surface area contributed by atoms with E-state index in [1.165, 1.54) is 0 Å². The van der Waals surface area contributed by atoms with Crippen LogP contribution in [-0.4, -0.2) is 9.55 Å². The summed E-state index contributed by atoms with van der Waals surface area (Å²) in [7, 11) is 0. The van der Waals surface area contributed by atoms with Crippen molar-refractivity contribution in [2.45, 2.75) is 33.1 Å². The van der Waals surface area contributed by atoms with Crippen LogP contribution in [0.1, 0.15) is 32.0 Å². The van der Waals surface area contributed by atoms with Crippen LogP contribution in [-0.2, 0) is 5.41 Å². The first-order valence-electron chi connectivity index (χ1n) is 5.79. The Balaban J connectivity index is 2.40. The number of benzene rings is 1. The molecule has 0 amide bonds. The number of imidazole rings is 1. The van der Waals surface area contributed by atoms with Gasteiger partial charge < -0.3 is 10.3 Å². The number of nitrogens with two attached hydrogens (primary N) is 1. The first-order chi connectivity index (χ1) is 7.88. The molecule has 1 heterocycles. The summed E-state index contributed by atoms with van der Waals surface area (Å²) in [6, 6.07) is 6.02. The first kappa shape index (κ1) is 11.7. The predicted octanol–water partition coefficient (Wildman–Crippen LogP) is 3.06. The molecule has 0 aliphatic rings. The summed E-state index contributed by atoms with van der Waals surface area (Å²) in [6.45, 7) is 8.50. The number of nitrogen functional groups attached to an aromatic ring is 1. The first-order valence-corrected chi connectivity index (χ1v) is 5.79. The van der Waals surface area contributed by atoms with Crippen LogP contribution >= 0.6 is 0 Å². The lowest BCUT2D eigenvalue weighted by molar-refractivity contribution is 0.572. The number of aryl methyl sites for hydroxylation is 1. The van der Waals surface area contributed by atoms with Crippen molar-refractivity contribution < 1.29 is 0 Å². The summed E-state index contributed by atoms with van der Waals surface area (Å²) in [6.07, 6.45) is 3.93. The van der Waals surface area contributed by atoms with Gasteiger partial charge in [0, 0.05) is 23.0 Å². The van der Waals surface area contributed by atoms with Crippen LogP contribution in [0.15, 0.2) is 30.7 Å². The van der Waals surface area contributed by atoms with Crippen LogP contribution in [0.25, 0.3) is 5.69 Å². The Morgan fingerprint density at radius 3 is 2.47 bits per heavy atom. The molecule has 1 aromatic carbocycles. The molecule has 3 heteroatoms. The van der Waals surface area contributed by atoms with Gasteiger partial charge in [0.1, 0.15) is 0 Å². The molecule has 0 saturated heterocycles. The lowest BCUT2D eigenvalue weighted by Gasteiger charge is -2.14. The summed E-state index contributed by atoms with van der Waals surface area (Å²) in [5.74, 6) is 0. The van der Waals surface area contributed by atoms with Gasteiger partial charge in [-0.05, 0) is 30.7 Å². The standard InChI is InChI=1S/C14H19N3/c1-10-7-11(5-6-12(10)15)17-8-13(16-9-17)14(2,3)4/h5-9H,15H2,1-4H3. The van der Waals surface area contributed by atoms with Crippen molar-refractivity contribution in [3.05, 3.63) is 42.0 Å². The zero-order valence-electron chi connectivity index (χ0n) is 10.9. The fourth-order valence-corrected chi connectivity index (χ4v) is 1.67. The minimum absolute atomic E-state index is 0.0775. The molecule has 2 rings (SSSR count). The number of hydrogen-bond donors (Lipinski definition) is 1. The van der Waals surface area contributed by atoms with Crippen LogP contribution < -0.4 is 5.73 Å². The van der Waals surface area contributed by atoms with Crippen molar-refractivity contribution in [3.8, 4) is 5.69 Å². The monoisotopic (exact) mass is 229 g/mol. The zero-order valence-corrected chi connectivity index (χ0v) is 10.9. The van der Waals surface area contributed by atoms with Gasteiger partial charge in [0.05, 0.1) is 12.0 Å². The van der Waals surface area contributed by atoms with E-state index in [-0.39, 0.29) is 5.41 Å². The molecule has 17 heavy (non-hydrogen) atoms. The van der Waals surface area contributed by atoms with Crippen molar-refractivity contribution >= 4 is 5.69 Å². The van der Waals surface area contributed by atoms with Gasteiger partial charge in [-0.25, -0.2) is 4.98 Å². The van der Waals surface area contributed by atoms with E-state index in [2.05, 4.69) is 38.0 Å². The number of nitrogens with zero attached hydrogens (tertiary/aromatic N) is 2. The molecule has 1 aromatic heterocycles. The highest BCUT2D eigenvalue weighted by Crippen LogP contribution is 2.22. The van der Waals surface area contributed by atoms with E-state index in [1.54, 1.807) is 0 Å². The SMILES string of the molecule is Cc1cc(-n2cnc(C(C)(C)C)c2)ccc1N. The largest absolute Gasteiger partial charge is 0.399 e. The predicted molar refractivity (Wildman–Crippen MR) is 71.4 cm³/mol. The Morgan fingerprint density at radius 2 is 1.94 bits per heavy atom. The average Bonchev–Trinajstić information content (AvgIpc) is 2.70. The molecule has 2 aromatic rings. The number of anilines is 1. The molecule has 0 spiro atoms. The van der Waals surface area contributed by atoms with Gasteiger partial charge in [0.2, 0.25) is 0 Å². The average molecular weight is 229 g/mol. The number of hydrogen-bond acceptors (Lipinski definition) is 2. The summed E-state index contributed by atoms with van der Waals surface area (Å²) < 4.78 is 2.03. The van der Waals surface area contributed by atoms with Crippen molar-refractivity contribution in [2.24, 2.45) is 0 Å². The maximum Gasteiger partial charge on any atom is 0.0995 e. The second-order valence-electron chi connectivity index (χ2n) is 5.46. The Morgan fingerprint density at radius 1 is 1.24 bits per heavy atom. The van der Waals surface area contributed by atoms with E-state index >= 15 is 0 Å². The summed E-state index contributed by atoms with van der Waals surface area (Å²) >= 11 is 0. The lowest BCUT2D eigenvalue weighted by Crippen LogP contribution is -2.11. The molecule has 0 fully saturated rings. The molecule has 0 saturated carbocycles. The summed E-state index contributed by atoms with van der Waals surface area (Å²) in [5, 5.41) is 0. The quantitative estimate of drug-likeness (QED) is 0.764. The Bertz CT molecular complexity index is 533. The minimum Gasteiger partial charge on any atom is -0.399 e. The molecule has 0 radical (unpaired) electrons. The molecular weight excluding hydrogens is 210 g/mol. The van der Waals surface area contributed by atoms with E-state index in [9.17, 15) is 0 Å². The molecule has 0 atom stereocenters. The lowest BCUT2D eigenvalue weighted by atomic mass is 9.93. The highest BCUT2D eigenvalue weighted by Gasteiger charge is 2.16. The molecule has 0 aliphatic heterocycles.